The lowest BCUT2D eigenvalue weighted by Gasteiger charge is -2.32. The Morgan fingerprint density at radius 2 is 1.77 bits per heavy atom. The van der Waals surface area contributed by atoms with E-state index in [2.05, 4.69) is 15.6 Å². The molecule has 248 valence electrons. The first-order valence-corrected chi connectivity index (χ1v) is 16.5. The third-order valence-corrected chi connectivity index (χ3v) is 10.0. The number of nitrogens with zero attached hydrogens (tertiary/aromatic N) is 2. The van der Waals surface area contributed by atoms with E-state index in [9.17, 15) is 18.0 Å². The quantitative estimate of drug-likeness (QED) is 0.198. The number of methoxy groups -OCH3 is 3. The lowest BCUT2D eigenvalue weighted by molar-refractivity contribution is -0.133. The highest BCUT2D eigenvalue weighted by molar-refractivity contribution is 7.91. The van der Waals surface area contributed by atoms with Gasteiger partial charge in [-0.2, -0.15) is 0 Å². The zero-order valence-electron chi connectivity index (χ0n) is 26.4. The van der Waals surface area contributed by atoms with E-state index < -0.39 is 39.7 Å². The Morgan fingerprint density at radius 3 is 2.47 bits per heavy atom. The first kappa shape index (κ1) is 33.3. The number of hydrogen-bond acceptors (Lipinski definition) is 10. The highest BCUT2D eigenvalue weighted by Crippen LogP contribution is 2.41. The monoisotopic (exact) mass is 665 g/mol. The van der Waals surface area contributed by atoms with Crippen LogP contribution in [0.15, 0.2) is 65.7 Å². The van der Waals surface area contributed by atoms with Crippen LogP contribution in [0.1, 0.15) is 43.0 Å². The average molecular weight is 666 g/mol. The van der Waals surface area contributed by atoms with E-state index in [1.807, 2.05) is 0 Å². The summed E-state index contributed by atoms with van der Waals surface area (Å²) in [6.45, 7) is 1.81. The van der Waals surface area contributed by atoms with Gasteiger partial charge in [0.2, 0.25) is 5.91 Å². The Bertz CT molecular complexity index is 1940. The average Bonchev–Trinajstić information content (AvgIpc) is 3.57. The molecule has 5 rings (SSSR count). The van der Waals surface area contributed by atoms with Crippen molar-refractivity contribution >= 4 is 49.8 Å². The molecule has 0 spiro atoms. The summed E-state index contributed by atoms with van der Waals surface area (Å²) in [6, 6.07) is 12.0. The second kappa shape index (κ2) is 13.7. The molecule has 0 aliphatic carbocycles. The fraction of sp³-hybridized carbons (Fsp3) is 0.303. The highest BCUT2D eigenvalue weighted by Gasteiger charge is 2.38. The SMILES string of the molecule is CCS(=O)(=O)c1ccc(NC(=O)OC)cc1[C@H]1CCCN1C(=O)[C@H](Nc1ccc2c(N)nccc2c1)c1cc(OC)c(OC)cc1F. The number of fused-ring (bicyclic) bond motifs is 1. The third kappa shape index (κ3) is 6.73. The van der Waals surface area contributed by atoms with Gasteiger partial charge in [-0.25, -0.2) is 22.6 Å². The molecule has 2 heterocycles. The number of nitrogen functional groups attached to an aromatic ring is 1. The van der Waals surface area contributed by atoms with Crippen LogP contribution in [0.4, 0.5) is 26.4 Å². The minimum Gasteiger partial charge on any atom is -0.493 e. The Balaban J connectivity index is 1.62. The summed E-state index contributed by atoms with van der Waals surface area (Å²) < 4.78 is 57.7. The molecule has 1 aliphatic heterocycles. The van der Waals surface area contributed by atoms with Gasteiger partial charge in [0.15, 0.2) is 21.3 Å². The molecular weight excluding hydrogens is 629 g/mol. The molecule has 47 heavy (non-hydrogen) atoms. The van der Waals surface area contributed by atoms with Gasteiger partial charge < -0.3 is 30.2 Å². The summed E-state index contributed by atoms with van der Waals surface area (Å²) in [6.07, 6.45) is 1.82. The molecule has 0 saturated carbocycles. The minimum atomic E-state index is -3.74. The highest BCUT2D eigenvalue weighted by atomic mass is 32.2. The van der Waals surface area contributed by atoms with E-state index in [0.29, 0.717) is 41.0 Å². The van der Waals surface area contributed by atoms with Crippen LogP contribution < -0.4 is 25.8 Å². The van der Waals surface area contributed by atoms with Crippen LogP contribution in [-0.2, 0) is 19.4 Å². The van der Waals surface area contributed by atoms with Gasteiger partial charge in [0, 0.05) is 41.1 Å². The van der Waals surface area contributed by atoms with E-state index in [1.165, 1.54) is 52.5 Å². The number of benzene rings is 3. The molecule has 0 radical (unpaired) electrons. The Hall–Kier alpha value is -5.11. The summed E-state index contributed by atoms with van der Waals surface area (Å²) in [4.78, 5) is 32.3. The lowest BCUT2D eigenvalue weighted by atomic mass is 10.00. The molecule has 1 saturated heterocycles. The van der Waals surface area contributed by atoms with Crippen molar-refractivity contribution in [2.75, 3.05) is 50.0 Å². The molecule has 1 fully saturated rings. The first-order valence-electron chi connectivity index (χ1n) is 14.9. The van der Waals surface area contributed by atoms with Crippen LogP contribution in [0.3, 0.4) is 0 Å². The molecule has 2 amide bonds. The number of ether oxygens (including phenoxy) is 3. The predicted octanol–water partition coefficient (Wildman–Crippen LogP) is 5.46. The van der Waals surface area contributed by atoms with Gasteiger partial charge in [-0.15, -0.1) is 0 Å². The number of carbonyl (C=O) groups is 2. The summed E-state index contributed by atoms with van der Waals surface area (Å²) in [5.41, 5.74) is 7.17. The summed E-state index contributed by atoms with van der Waals surface area (Å²) in [5.74, 6) is -0.674. The molecule has 3 aromatic carbocycles. The van der Waals surface area contributed by atoms with Crippen LogP contribution >= 0.6 is 0 Å². The summed E-state index contributed by atoms with van der Waals surface area (Å²) in [5, 5.41) is 7.24. The van der Waals surface area contributed by atoms with Crippen molar-refractivity contribution < 1.29 is 36.6 Å². The van der Waals surface area contributed by atoms with Gasteiger partial charge in [-0.05, 0) is 72.3 Å². The van der Waals surface area contributed by atoms with Crippen molar-refractivity contribution in [2.45, 2.75) is 36.7 Å². The van der Waals surface area contributed by atoms with Crippen molar-refractivity contribution in [1.82, 2.24) is 9.88 Å². The molecule has 12 nitrogen and oxygen atoms in total. The summed E-state index contributed by atoms with van der Waals surface area (Å²) >= 11 is 0. The number of sulfone groups is 1. The van der Waals surface area contributed by atoms with Gasteiger partial charge >= 0.3 is 6.09 Å². The third-order valence-electron chi connectivity index (χ3n) is 8.22. The van der Waals surface area contributed by atoms with Crippen molar-refractivity contribution in [2.24, 2.45) is 0 Å². The number of likely N-dealkylation sites (tertiary alicyclic amines) is 1. The van der Waals surface area contributed by atoms with Gasteiger partial charge in [0.25, 0.3) is 0 Å². The number of amides is 2. The summed E-state index contributed by atoms with van der Waals surface area (Å²) in [7, 11) is 0.268. The van der Waals surface area contributed by atoms with E-state index >= 15 is 4.39 Å². The number of anilines is 3. The van der Waals surface area contributed by atoms with Crippen molar-refractivity contribution in [3.63, 3.8) is 0 Å². The van der Waals surface area contributed by atoms with Gasteiger partial charge in [-0.3, -0.25) is 10.1 Å². The van der Waals surface area contributed by atoms with Crippen molar-refractivity contribution in [3.05, 3.63) is 77.7 Å². The topological polar surface area (TPSA) is 162 Å². The Labute approximate surface area is 271 Å². The molecule has 4 N–H and O–H groups in total. The van der Waals surface area contributed by atoms with Crippen LogP contribution in [0.25, 0.3) is 10.8 Å². The number of halogens is 1. The first-order chi connectivity index (χ1) is 22.5. The normalized spacial score (nSPS) is 15.3. The van der Waals surface area contributed by atoms with Gasteiger partial charge in [0.05, 0.1) is 38.0 Å². The molecule has 2 atom stereocenters. The zero-order valence-corrected chi connectivity index (χ0v) is 27.2. The molecule has 1 aliphatic rings. The van der Waals surface area contributed by atoms with Crippen molar-refractivity contribution in [3.8, 4) is 11.5 Å². The lowest BCUT2D eigenvalue weighted by Crippen LogP contribution is -2.38. The minimum absolute atomic E-state index is 0.00449. The Kier molecular flexibility index (Phi) is 9.70. The molecular formula is C33H36FN5O7S. The fourth-order valence-corrected chi connectivity index (χ4v) is 6.98. The van der Waals surface area contributed by atoms with Crippen LogP contribution in [0, 0.1) is 5.82 Å². The molecule has 0 unspecified atom stereocenters. The van der Waals surface area contributed by atoms with Crippen LogP contribution in [-0.4, -0.2) is 63.9 Å². The van der Waals surface area contributed by atoms with E-state index in [0.717, 1.165) is 11.5 Å². The molecule has 4 aromatic rings. The number of rotatable bonds is 10. The number of nitrogens with two attached hydrogens (primary N) is 1. The second-order valence-corrected chi connectivity index (χ2v) is 13.1. The predicted molar refractivity (Wildman–Crippen MR) is 176 cm³/mol. The molecule has 1 aromatic heterocycles. The largest absolute Gasteiger partial charge is 0.493 e. The second-order valence-electron chi connectivity index (χ2n) is 10.9. The maximum Gasteiger partial charge on any atom is 0.411 e. The van der Waals surface area contributed by atoms with Gasteiger partial charge in [-0.1, -0.05) is 6.92 Å². The number of hydrogen-bond donors (Lipinski definition) is 3. The maximum absolute atomic E-state index is 15.9. The molecule has 14 heteroatoms. The number of carbonyl (C=O) groups excluding carboxylic acids is 2. The van der Waals surface area contributed by atoms with E-state index in [1.54, 1.807) is 35.4 Å². The number of pyridine rings is 1. The van der Waals surface area contributed by atoms with Crippen molar-refractivity contribution in [1.29, 1.82) is 0 Å². The van der Waals surface area contributed by atoms with Crippen LogP contribution in [0.5, 0.6) is 11.5 Å². The Morgan fingerprint density at radius 1 is 1.04 bits per heavy atom. The van der Waals surface area contributed by atoms with E-state index in [-0.39, 0.29) is 34.3 Å². The fourth-order valence-electron chi connectivity index (χ4n) is 5.84. The van der Waals surface area contributed by atoms with Crippen LogP contribution in [0.2, 0.25) is 0 Å². The molecule has 0 bridgehead atoms. The maximum atomic E-state index is 15.9. The number of aromatic nitrogens is 1. The van der Waals surface area contributed by atoms with Gasteiger partial charge in [0.1, 0.15) is 17.7 Å². The smallest absolute Gasteiger partial charge is 0.411 e. The zero-order chi connectivity index (χ0) is 33.9. The number of nitrogens with one attached hydrogen (secondary N) is 2. The van der Waals surface area contributed by atoms with E-state index in [4.69, 9.17) is 19.9 Å². The standard InChI is InChI=1S/C33H36FN5O7S/c1-5-47(42,43)29-11-9-21(38-33(41)46-4)16-24(29)26-7-6-14-39(26)32(40)30(23-17-27(44-2)28(45-3)18-25(23)34)37-20-8-10-22-19(15-20)12-13-36-31(22)35/h8-13,15-18,26,30,37H,5-7,14H2,1-4H3,(H2,35,36)(H,38,41)/t26-,30-/m1/s1.